The van der Waals surface area contributed by atoms with Gasteiger partial charge in [0.1, 0.15) is 6.17 Å². The zero-order valence-corrected chi connectivity index (χ0v) is 11.3. The van der Waals surface area contributed by atoms with Crippen LogP contribution in [0.1, 0.15) is 30.6 Å². The number of thiocarbonyl (C=S) groups is 1. The van der Waals surface area contributed by atoms with Crippen molar-refractivity contribution in [1.29, 1.82) is 0 Å². The summed E-state index contributed by atoms with van der Waals surface area (Å²) < 4.78 is 0. The summed E-state index contributed by atoms with van der Waals surface area (Å²) in [6.45, 7) is 3.66. The summed E-state index contributed by atoms with van der Waals surface area (Å²) >= 11 is 5.12. The molecular weight excluding hydrogens is 246 g/mol. The van der Waals surface area contributed by atoms with Crippen molar-refractivity contribution >= 4 is 28.8 Å². The minimum Gasteiger partial charge on any atom is -0.365 e. The van der Waals surface area contributed by atoms with Gasteiger partial charge in [0.05, 0.1) is 0 Å². The number of rotatable bonds is 3. The van der Waals surface area contributed by atoms with Crippen LogP contribution in [0.4, 0.5) is 5.69 Å². The Kier molecular flexibility index (Phi) is 3.81. The lowest BCUT2D eigenvalue weighted by atomic mass is 10.1. The van der Waals surface area contributed by atoms with Gasteiger partial charge in [0.2, 0.25) is 0 Å². The minimum atomic E-state index is 0.0799. The molecule has 1 aliphatic heterocycles. The SMILES string of the molecule is CC(=O)c1ccc(N[C@@H]2C[C@@H](C)NC(=S)N2)cc1. The lowest BCUT2D eigenvalue weighted by Crippen LogP contribution is -2.55. The molecule has 0 spiro atoms. The van der Waals surface area contributed by atoms with Gasteiger partial charge < -0.3 is 16.0 Å². The van der Waals surface area contributed by atoms with Crippen molar-refractivity contribution in [2.75, 3.05) is 5.32 Å². The predicted molar refractivity (Wildman–Crippen MR) is 76.8 cm³/mol. The monoisotopic (exact) mass is 263 g/mol. The summed E-state index contributed by atoms with van der Waals surface area (Å²) in [5, 5.41) is 10.4. The second-order valence-electron chi connectivity index (χ2n) is 4.59. The molecule has 1 aromatic carbocycles. The van der Waals surface area contributed by atoms with Crippen molar-refractivity contribution in [1.82, 2.24) is 10.6 Å². The molecular formula is C13H17N3OS. The molecule has 1 fully saturated rings. The molecule has 1 aliphatic rings. The standard InChI is InChI=1S/C13H17N3OS/c1-8-7-12(16-13(18)14-8)15-11-5-3-10(4-6-11)9(2)17/h3-6,8,12,15H,7H2,1-2H3,(H2,14,16,18)/t8-,12+/m1/s1. The first kappa shape index (κ1) is 12.8. The molecule has 2 atom stereocenters. The topological polar surface area (TPSA) is 53.2 Å². The normalized spacial score (nSPS) is 22.9. The first-order valence-corrected chi connectivity index (χ1v) is 6.40. The van der Waals surface area contributed by atoms with Gasteiger partial charge in [-0.1, -0.05) is 0 Å². The Balaban J connectivity index is 2.00. The summed E-state index contributed by atoms with van der Waals surface area (Å²) in [6, 6.07) is 7.83. The van der Waals surface area contributed by atoms with Crippen LogP contribution in [0.5, 0.6) is 0 Å². The van der Waals surface area contributed by atoms with E-state index in [9.17, 15) is 4.79 Å². The predicted octanol–water partition coefficient (Wildman–Crippen LogP) is 1.88. The molecule has 0 unspecified atom stereocenters. The molecule has 18 heavy (non-hydrogen) atoms. The maximum atomic E-state index is 11.2. The van der Waals surface area contributed by atoms with Gasteiger partial charge in [-0.05, 0) is 50.3 Å². The van der Waals surface area contributed by atoms with Crippen molar-refractivity contribution in [3.8, 4) is 0 Å². The highest BCUT2D eigenvalue weighted by molar-refractivity contribution is 7.80. The fourth-order valence-electron chi connectivity index (χ4n) is 1.99. The number of ketones is 1. The molecule has 0 amide bonds. The fraction of sp³-hybridized carbons (Fsp3) is 0.385. The van der Waals surface area contributed by atoms with Crippen LogP contribution in [-0.4, -0.2) is 23.1 Å². The number of hydrogen-bond acceptors (Lipinski definition) is 3. The summed E-state index contributed by atoms with van der Waals surface area (Å²) in [5.74, 6) is 0.0799. The van der Waals surface area contributed by atoms with E-state index in [2.05, 4.69) is 22.9 Å². The number of anilines is 1. The summed E-state index contributed by atoms with van der Waals surface area (Å²) in [5.41, 5.74) is 1.71. The third kappa shape index (κ3) is 3.20. The molecule has 0 aliphatic carbocycles. The lowest BCUT2D eigenvalue weighted by molar-refractivity contribution is 0.101. The van der Waals surface area contributed by atoms with E-state index in [0.717, 1.165) is 17.7 Å². The van der Waals surface area contributed by atoms with Gasteiger partial charge in [0.15, 0.2) is 10.9 Å². The molecule has 1 saturated heterocycles. The summed E-state index contributed by atoms with van der Waals surface area (Å²) in [7, 11) is 0. The van der Waals surface area contributed by atoms with Crippen LogP contribution >= 0.6 is 12.2 Å². The fourth-order valence-corrected chi connectivity index (χ4v) is 2.34. The van der Waals surface area contributed by atoms with Crippen molar-refractivity contribution in [2.45, 2.75) is 32.5 Å². The highest BCUT2D eigenvalue weighted by Crippen LogP contribution is 2.13. The van der Waals surface area contributed by atoms with Gasteiger partial charge in [-0.3, -0.25) is 4.79 Å². The number of benzene rings is 1. The third-order valence-corrected chi connectivity index (χ3v) is 3.14. The van der Waals surface area contributed by atoms with Gasteiger partial charge in [-0.2, -0.15) is 0 Å². The highest BCUT2D eigenvalue weighted by Gasteiger charge is 2.20. The van der Waals surface area contributed by atoms with E-state index in [1.807, 2.05) is 24.3 Å². The smallest absolute Gasteiger partial charge is 0.168 e. The molecule has 2 rings (SSSR count). The summed E-state index contributed by atoms with van der Waals surface area (Å²) in [6.07, 6.45) is 1.06. The molecule has 5 heteroatoms. The largest absolute Gasteiger partial charge is 0.365 e. The Morgan fingerprint density at radius 1 is 1.33 bits per heavy atom. The average molecular weight is 263 g/mol. The minimum absolute atomic E-state index is 0.0799. The van der Waals surface area contributed by atoms with E-state index in [-0.39, 0.29) is 11.9 Å². The molecule has 1 heterocycles. The van der Waals surface area contributed by atoms with Crippen LogP contribution in [0.2, 0.25) is 0 Å². The summed E-state index contributed by atoms with van der Waals surface area (Å²) in [4.78, 5) is 11.2. The van der Waals surface area contributed by atoms with Gasteiger partial charge >= 0.3 is 0 Å². The Morgan fingerprint density at radius 3 is 2.56 bits per heavy atom. The van der Waals surface area contributed by atoms with E-state index in [4.69, 9.17) is 12.2 Å². The van der Waals surface area contributed by atoms with E-state index in [1.54, 1.807) is 6.92 Å². The maximum absolute atomic E-state index is 11.2. The maximum Gasteiger partial charge on any atom is 0.168 e. The number of hydrogen-bond donors (Lipinski definition) is 3. The number of nitrogens with one attached hydrogen (secondary N) is 3. The zero-order chi connectivity index (χ0) is 13.1. The number of Topliss-reactive ketones (excluding diaryl/α,β-unsaturated/α-hetero) is 1. The Bertz CT molecular complexity index is 458. The Hall–Kier alpha value is -1.62. The first-order chi connectivity index (χ1) is 8.54. The van der Waals surface area contributed by atoms with Crippen LogP contribution in [0.25, 0.3) is 0 Å². The van der Waals surface area contributed by atoms with Crippen molar-refractivity contribution in [2.24, 2.45) is 0 Å². The quantitative estimate of drug-likeness (QED) is 0.574. The van der Waals surface area contributed by atoms with Crippen LogP contribution in [-0.2, 0) is 0 Å². The Labute approximate surface area is 112 Å². The molecule has 0 radical (unpaired) electrons. The van der Waals surface area contributed by atoms with Gasteiger partial charge in [-0.25, -0.2) is 0 Å². The molecule has 96 valence electrons. The van der Waals surface area contributed by atoms with E-state index in [1.165, 1.54) is 0 Å². The van der Waals surface area contributed by atoms with Crippen LogP contribution in [0.15, 0.2) is 24.3 Å². The van der Waals surface area contributed by atoms with E-state index < -0.39 is 0 Å². The van der Waals surface area contributed by atoms with Crippen molar-refractivity contribution in [3.05, 3.63) is 29.8 Å². The molecule has 3 N–H and O–H groups in total. The van der Waals surface area contributed by atoms with Crippen LogP contribution in [0, 0.1) is 0 Å². The molecule has 0 saturated carbocycles. The van der Waals surface area contributed by atoms with Crippen LogP contribution in [0.3, 0.4) is 0 Å². The second-order valence-corrected chi connectivity index (χ2v) is 4.99. The average Bonchev–Trinajstić information content (AvgIpc) is 2.28. The molecule has 1 aromatic rings. The highest BCUT2D eigenvalue weighted by atomic mass is 32.1. The van der Waals surface area contributed by atoms with Gasteiger partial charge in [0, 0.05) is 23.7 Å². The van der Waals surface area contributed by atoms with Crippen LogP contribution < -0.4 is 16.0 Å². The van der Waals surface area contributed by atoms with E-state index >= 15 is 0 Å². The second kappa shape index (κ2) is 5.35. The lowest BCUT2D eigenvalue weighted by Gasteiger charge is -2.32. The van der Waals surface area contributed by atoms with E-state index in [0.29, 0.717) is 11.2 Å². The zero-order valence-electron chi connectivity index (χ0n) is 10.5. The third-order valence-electron chi connectivity index (χ3n) is 2.90. The Morgan fingerprint density at radius 2 is 2.00 bits per heavy atom. The number of carbonyl (C=O) groups excluding carboxylic acids is 1. The first-order valence-electron chi connectivity index (χ1n) is 5.99. The van der Waals surface area contributed by atoms with Gasteiger partial charge in [-0.15, -0.1) is 0 Å². The number of carbonyl (C=O) groups is 1. The van der Waals surface area contributed by atoms with Crippen molar-refractivity contribution in [3.63, 3.8) is 0 Å². The molecule has 0 aromatic heterocycles. The van der Waals surface area contributed by atoms with Crippen molar-refractivity contribution < 1.29 is 4.79 Å². The molecule has 4 nitrogen and oxygen atoms in total. The molecule has 0 bridgehead atoms. The van der Waals surface area contributed by atoms with Gasteiger partial charge in [0.25, 0.3) is 0 Å².